The van der Waals surface area contributed by atoms with Crippen LogP contribution < -0.4 is 11.3 Å². The van der Waals surface area contributed by atoms with Crippen molar-refractivity contribution in [3.05, 3.63) is 53.3 Å². The van der Waals surface area contributed by atoms with E-state index in [4.69, 9.17) is 5.84 Å². The van der Waals surface area contributed by atoms with E-state index in [1.165, 1.54) is 6.07 Å². The van der Waals surface area contributed by atoms with Crippen LogP contribution in [0, 0.1) is 5.82 Å². The third kappa shape index (κ3) is 3.86. The zero-order chi connectivity index (χ0) is 14.0. The maximum absolute atomic E-state index is 13.9. The first-order valence-electron chi connectivity index (χ1n) is 5.36. The first kappa shape index (κ1) is 15.6. The van der Waals surface area contributed by atoms with Crippen LogP contribution in [0.5, 0.6) is 0 Å². The Hall–Kier alpha value is 0.210. The van der Waals surface area contributed by atoms with Crippen molar-refractivity contribution in [1.29, 1.82) is 0 Å². The fourth-order valence-electron chi connectivity index (χ4n) is 1.76. The number of rotatable bonds is 4. The van der Waals surface area contributed by atoms with Gasteiger partial charge in [-0.1, -0.05) is 22.0 Å². The van der Waals surface area contributed by atoms with Crippen LogP contribution >= 0.6 is 59.1 Å². The zero-order valence-corrected chi connectivity index (χ0v) is 15.2. The topological polar surface area (TPSA) is 38.0 Å². The molecule has 0 aliphatic carbocycles. The van der Waals surface area contributed by atoms with Gasteiger partial charge in [0.25, 0.3) is 0 Å². The summed E-state index contributed by atoms with van der Waals surface area (Å²) >= 11 is 11.7. The van der Waals surface area contributed by atoms with Crippen molar-refractivity contribution in [3.63, 3.8) is 0 Å². The van der Waals surface area contributed by atoms with Crippen molar-refractivity contribution in [3.8, 4) is 0 Å². The molecule has 0 saturated heterocycles. The van der Waals surface area contributed by atoms with Crippen LogP contribution in [-0.4, -0.2) is 0 Å². The fraction of sp³-hybridized carbons (Fsp3) is 0.167. The van der Waals surface area contributed by atoms with Crippen molar-refractivity contribution in [2.75, 3.05) is 0 Å². The molecule has 1 aromatic carbocycles. The maximum atomic E-state index is 13.9. The van der Waals surface area contributed by atoms with Crippen LogP contribution in [0.15, 0.2) is 36.3 Å². The van der Waals surface area contributed by atoms with Gasteiger partial charge in [0, 0.05) is 4.47 Å². The number of thiophene rings is 1. The molecule has 0 saturated carbocycles. The Bertz CT molecular complexity index is 588. The lowest BCUT2D eigenvalue weighted by molar-refractivity contribution is 0.528. The minimum atomic E-state index is -0.236. The Morgan fingerprint density at radius 1 is 1.26 bits per heavy atom. The molecule has 7 heteroatoms. The Balaban J connectivity index is 2.26. The summed E-state index contributed by atoms with van der Waals surface area (Å²) in [4.78, 5) is 0. The number of benzene rings is 1. The van der Waals surface area contributed by atoms with Crippen molar-refractivity contribution < 1.29 is 4.39 Å². The summed E-state index contributed by atoms with van der Waals surface area (Å²) in [6.07, 6.45) is 0.484. The third-order valence-corrected chi connectivity index (χ3v) is 5.58. The standard InChI is InChI=1S/C12H10Br3FN2S/c13-7-2-1-6(9(16)4-7)3-10(18-17)8-5-11(14)19-12(8)15/h1-2,4-5,10,18H,3,17H2. The van der Waals surface area contributed by atoms with E-state index in [9.17, 15) is 4.39 Å². The maximum Gasteiger partial charge on any atom is 0.127 e. The highest BCUT2D eigenvalue weighted by molar-refractivity contribution is 9.12. The Kier molecular flexibility index (Phi) is 5.56. The predicted molar refractivity (Wildman–Crippen MR) is 87.6 cm³/mol. The second kappa shape index (κ2) is 6.78. The molecule has 0 fully saturated rings. The summed E-state index contributed by atoms with van der Waals surface area (Å²) in [5, 5.41) is 0. The molecule has 2 rings (SSSR count). The van der Waals surface area contributed by atoms with E-state index in [0.717, 1.165) is 17.6 Å². The van der Waals surface area contributed by atoms with Gasteiger partial charge in [0.15, 0.2) is 0 Å². The molecule has 0 amide bonds. The number of nitrogens with one attached hydrogen (secondary N) is 1. The molecule has 0 spiro atoms. The minimum Gasteiger partial charge on any atom is -0.271 e. The quantitative estimate of drug-likeness (QED) is 0.489. The summed E-state index contributed by atoms with van der Waals surface area (Å²) in [6, 6.07) is 6.88. The van der Waals surface area contributed by atoms with E-state index in [1.54, 1.807) is 17.4 Å². The molecule has 1 heterocycles. The first-order valence-corrected chi connectivity index (χ1v) is 8.55. The molecule has 19 heavy (non-hydrogen) atoms. The van der Waals surface area contributed by atoms with Gasteiger partial charge in [-0.25, -0.2) is 4.39 Å². The molecular formula is C12H10Br3FN2S. The second-order valence-corrected chi connectivity index (χ2v) is 8.60. The zero-order valence-electron chi connectivity index (χ0n) is 9.59. The smallest absolute Gasteiger partial charge is 0.127 e. The first-order chi connectivity index (χ1) is 9.01. The molecule has 1 unspecified atom stereocenters. The molecule has 0 bridgehead atoms. The van der Waals surface area contributed by atoms with Crippen LogP contribution in [0.25, 0.3) is 0 Å². The van der Waals surface area contributed by atoms with Crippen LogP contribution in [0.4, 0.5) is 4.39 Å². The lowest BCUT2D eigenvalue weighted by atomic mass is 10.0. The van der Waals surface area contributed by atoms with Crippen LogP contribution in [0.3, 0.4) is 0 Å². The average molecular weight is 473 g/mol. The van der Waals surface area contributed by atoms with Gasteiger partial charge in [0.1, 0.15) is 5.82 Å². The lowest BCUT2D eigenvalue weighted by Gasteiger charge is -2.16. The van der Waals surface area contributed by atoms with Gasteiger partial charge >= 0.3 is 0 Å². The predicted octanol–water partition coefficient (Wildman–Crippen LogP) is 4.92. The largest absolute Gasteiger partial charge is 0.271 e. The molecule has 0 aliphatic heterocycles. The highest BCUT2D eigenvalue weighted by Crippen LogP contribution is 2.36. The molecule has 0 radical (unpaired) electrons. The van der Waals surface area contributed by atoms with E-state index in [1.807, 2.05) is 12.1 Å². The van der Waals surface area contributed by atoms with E-state index in [2.05, 4.69) is 53.2 Å². The molecule has 1 aromatic heterocycles. The Morgan fingerprint density at radius 3 is 2.53 bits per heavy atom. The summed E-state index contributed by atoms with van der Waals surface area (Å²) in [7, 11) is 0. The second-order valence-electron chi connectivity index (χ2n) is 3.94. The Labute approximate surface area is 139 Å². The van der Waals surface area contributed by atoms with Gasteiger partial charge in [-0.3, -0.25) is 11.3 Å². The molecule has 3 N–H and O–H groups in total. The monoisotopic (exact) mass is 470 g/mol. The summed E-state index contributed by atoms with van der Waals surface area (Å²) in [5.74, 6) is 5.36. The van der Waals surface area contributed by atoms with Gasteiger partial charge in [-0.05, 0) is 67.6 Å². The average Bonchev–Trinajstić information content (AvgIpc) is 2.68. The van der Waals surface area contributed by atoms with Crippen molar-refractivity contribution in [2.24, 2.45) is 5.84 Å². The third-order valence-electron chi connectivity index (χ3n) is 2.70. The number of hydrogen-bond acceptors (Lipinski definition) is 3. The van der Waals surface area contributed by atoms with Gasteiger partial charge in [0.05, 0.1) is 13.6 Å². The molecular weight excluding hydrogens is 463 g/mol. The molecule has 1 atom stereocenters. The van der Waals surface area contributed by atoms with Gasteiger partial charge < -0.3 is 0 Å². The van der Waals surface area contributed by atoms with E-state index >= 15 is 0 Å². The molecule has 102 valence electrons. The fourth-order valence-corrected chi connectivity index (χ4v) is 5.06. The number of hydrazine groups is 1. The van der Waals surface area contributed by atoms with Crippen LogP contribution in [-0.2, 0) is 6.42 Å². The van der Waals surface area contributed by atoms with Crippen LogP contribution in [0.1, 0.15) is 17.2 Å². The highest BCUT2D eigenvalue weighted by Gasteiger charge is 2.18. The number of nitrogens with two attached hydrogens (primary N) is 1. The lowest BCUT2D eigenvalue weighted by Crippen LogP contribution is -2.29. The van der Waals surface area contributed by atoms with E-state index in [-0.39, 0.29) is 11.9 Å². The highest BCUT2D eigenvalue weighted by atomic mass is 79.9. The molecule has 0 aliphatic rings. The van der Waals surface area contributed by atoms with Gasteiger partial charge in [-0.15, -0.1) is 11.3 Å². The van der Waals surface area contributed by atoms with Crippen molar-refractivity contribution in [2.45, 2.75) is 12.5 Å². The Morgan fingerprint density at radius 2 is 2.00 bits per heavy atom. The minimum absolute atomic E-state index is 0.146. The van der Waals surface area contributed by atoms with E-state index in [0.29, 0.717) is 12.0 Å². The summed E-state index contributed by atoms with van der Waals surface area (Å²) < 4.78 is 16.6. The SMILES string of the molecule is NNC(Cc1ccc(Br)cc1F)c1cc(Br)sc1Br. The van der Waals surface area contributed by atoms with Crippen molar-refractivity contribution in [1.82, 2.24) is 5.43 Å². The van der Waals surface area contributed by atoms with Gasteiger partial charge in [-0.2, -0.15) is 0 Å². The summed E-state index contributed by atoms with van der Waals surface area (Å²) in [6.45, 7) is 0. The van der Waals surface area contributed by atoms with Crippen LogP contribution in [0.2, 0.25) is 0 Å². The molecule has 2 aromatic rings. The summed E-state index contributed by atoms with van der Waals surface area (Å²) in [5.41, 5.74) is 4.38. The molecule has 2 nitrogen and oxygen atoms in total. The normalized spacial score (nSPS) is 12.7. The van der Waals surface area contributed by atoms with E-state index < -0.39 is 0 Å². The number of hydrogen-bond donors (Lipinski definition) is 2. The number of halogens is 4. The van der Waals surface area contributed by atoms with Crippen molar-refractivity contribution >= 4 is 59.1 Å². The van der Waals surface area contributed by atoms with Gasteiger partial charge in [0.2, 0.25) is 0 Å².